The number of aryl methyl sites for hydroxylation is 1. The molecule has 0 bridgehead atoms. The van der Waals surface area contributed by atoms with Gasteiger partial charge in [-0.3, -0.25) is 4.79 Å². The van der Waals surface area contributed by atoms with Crippen molar-refractivity contribution < 1.29 is 38.2 Å². The highest BCUT2D eigenvalue weighted by Crippen LogP contribution is 2.44. The quantitative estimate of drug-likeness (QED) is 0.491. The zero-order valence-electron chi connectivity index (χ0n) is 19.3. The first-order valence-electron chi connectivity index (χ1n) is 10.3. The van der Waals surface area contributed by atoms with Crippen LogP contribution in [0.1, 0.15) is 41.9 Å². The van der Waals surface area contributed by atoms with E-state index in [0.29, 0.717) is 6.42 Å². The number of ketones is 1. The van der Waals surface area contributed by atoms with Crippen molar-refractivity contribution in [2.24, 2.45) is 12.5 Å². The number of pyridine rings is 1. The predicted molar refractivity (Wildman–Crippen MR) is 116 cm³/mol. The Hall–Kier alpha value is -2.81. The average Bonchev–Trinajstić information content (AvgIpc) is 2.70. The van der Waals surface area contributed by atoms with Crippen LogP contribution in [0.5, 0.6) is 0 Å². The first kappa shape index (κ1) is 24.8. The van der Waals surface area contributed by atoms with Crippen molar-refractivity contribution in [3.05, 3.63) is 71.4 Å². The Bertz CT molecular complexity index is 1210. The van der Waals surface area contributed by atoms with Gasteiger partial charge in [-0.05, 0) is 35.9 Å². The number of para-hydroxylation sites is 1. The molecule has 0 unspecified atom stereocenters. The number of allylic oxidation sites excluding steroid dienone is 1. The number of hydrogen-bond acceptors (Lipinski definition) is 6. The lowest BCUT2D eigenvalue weighted by Gasteiger charge is -2.31. The summed E-state index contributed by atoms with van der Waals surface area (Å²) in [5.74, 6) is 0.224. The molecule has 2 aromatic carbocycles. The van der Waals surface area contributed by atoms with Crippen LogP contribution in [-0.4, -0.2) is 19.9 Å². The number of carbonyl (C=O) groups is 1. The van der Waals surface area contributed by atoms with E-state index in [9.17, 15) is 4.79 Å². The third-order valence-corrected chi connectivity index (χ3v) is 5.80. The van der Waals surface area contributed by atoms with Gasteiger partial charge in [0, 0.05) is 48.6 Å². The largest absolute Gasteiger partial charge is 0.378 e. The normalized spacial score (nSPS) is 16.3. The molecule has 1 heterocycles. The molecule has 33 heavy (non-hydrogen) atoms. The molecule has 0 aliphatic heterocycles. The molecule has 0 amide bonds. The van der Waals surface area contributed by atoms with E-state index in [1.807, 2.05) is 26.2 Å². The van der Waals surface area contributed by atoms with E-state index < -0.39 is 10.2 Å². The molecule has 0 saturated carbocycles. The van der Waals surface area contributed by atoms with Gasteiger partial charge in [-0.25, -0.2) is 18.6 Å². The van der Waals surface area contributed by atoms with Gasteiger partial charge in [0.15, 0.2) is 5.78 Å². The fourth-order valence-corrected chi connectivity index (χ4v) is 4.19. The Labute approximate surface area is 195 Å². The third kappa shape index (κ3) is 5.76. The highest BCUT2D eigenvalue weighted by molar-refractivity contribution is 6.07. The lowest BCUT2D eigenvalue weighted by molar-refractivity contribution is -2.00. The molecular weight excluding hydrogens is 444 g/mol. The molecule has 1 aliphatic carbocycles. The van der Waals surface area contributed by atoms with Crippen molar-refractivity contribution in [1.82, 2.24) is 0 Å². The fraction of sp³-hybridized carbons (Fsp3) is 0.280. The van der Waals surface area contributed by atoms with E-state index in [1.54, 1.807) is 0 Å². The van der Waals surface area contributed by atoms with Crippen molar-refractivity contribution in [1.29, 1.82) is 0 Å². The minimum atomic E-state index is -4.94. The summed E-state index contributed by atoms with van der Waals surface area (Å²) in [5.41, 5.74) is 6.34. The smallest absolute Gasteiger partial charge is 0.220 e. The Morgan fingerprint density at radius 3 is 2.15 bits per heavy atom. The average molecular weight is 471 g/mol. The molecule has 0 saturated heterocycles. The predicted octanol–water partition coefficient (Wildman–Crippen LogP) is 0.128. The number of nitrogens with zero attached hydrogens (tertiary/aromatic N) is 2. The number of anilines is 1. The van der Waals surface area contributed by atoms with Gasteiger partial charge in [-0.2, -0.15) is 4.57 Å². The summed E-state index contributed by atoms with van der Waals surface area (Å²) in [6, 6.07) is 18.9. The molecule has 0 fully saturated rings. The molecule has 4 rings (SSSR count). The Balaban J connectivity index is 0.000000555. The number of benzene rings is 2. The molecular formula is C25H27ClN2O5. The fourth-order valence-electron chi connectivity index (χ4n) is 4.19. The summed E-state index contributed by atoms with van der Waals surface area (Å²) in [4.78, 5) is 15.1. The first-order chi connectivity index (χ1) is 15.3. The van der Waals surface area contributed by atoms with Gasteiger partial charge in [0.1, 0.15) is 7.05 Å². The molecule has 1 aromatic heterocycles. The number of aromatic nitrogens is 1. The molecule has 1 aliphatic rings. The summed E-state index contributed by atoms with van der Waals surface area (Å²) in [6.45, 7) is 4.34. The summed E-state index contributed by atoms with van der Waals surface area (Å²) in [5, 5.41) is 1.10. The summed E-state index contributed by atoms with van der Waals surface area (Å²) in [6.07, 6.45) is 2.78. The number of halogens is 1. The van der Waals surface area contributed by atoms with Crippen LogP contribution >= 0.6 is 0 Å². The van der Waals surface area contributed by atoms with Crippen LogP contribution in [0.3, 0.4) is 0 Å². The maximum absolute atomic E-state index is 13.0. The van der Waals surface area contributed by atoms with E-state index in [1.165, 1.54) is 11.3 Å². The van der Waals surface area contributed by atoms with E-state index >= 15 is 0 Å². The van der Waals surface area contributed by atoms with Gasteiger partial charge in [-0.15, -0.1) is 10.2 Å². The Morgan fingerprint density at radius 1 is 1.00 bits per heavy atom. The summed E-state index contributed by atoms with van der Waals surface area (Å²) >= 11 is 0. The summed E-state index contributed by atoms with van der Waals surface area (Å²) in [7, 11) is 1.22. The lowest BCUT2D eigenvalue weighted by Crippen LogP contribution is -2.68. The van der Waals surface area contributed by atoms with Gasteiger partial charge in [0.25, 0.3) is 0 Å². The minimum absolute atomic E-state index is 0.218. The molecule has 0 spiro atoms. The zero-order chi connectivity index (χ0) is 24.6. The molecule has 174 valence electrons. The number of hydrogen-bond donors (Lipinski definition) is 0. The monoisotopic (exact) mass is 470 g/mol. The SMILES string of the molecule is CN(C)c1ccc(/C=C2/c3c(cc4ccccc4[n+]3C)C(=O)CC2(C)C)cc1.[O-][Cl+3]([O-])([O-])[O-]. The van der Waals surface area contributed by atoms with E-state index in [2.05, 4.69) is 78.9 Å². The maximum Gasteiger partial charge on any atom is 0.220 e. The van der Waals surface area contributed by atoms with E-state index in [0.717, 1.165) is 27.7 Å². The van der Waals surface area contributed by atoms with Gasteiger partial charge < -0.3 is 4.90 Å². The molecule has 0 N–H and O–H groups in total. The number of rotatable bonds is 2. The number of Topliss-reactive ketones (excluding diaryl/α,β-unsaturated/α-hetero) is 1. The lowest BCUT2D eigenvalue weighted by atomic mass is 9.70. The number of carbonyl (C=O) groups excluding carboxylic acids is 1. The van der Waals surface area contributed by atoms with Crippen molar-refractivity contribution >= 4 is 34.0 Å². The highest BCUT2D eigenvalue weighted by atomic mass is 35.7. The molecule has 3 aromatic rings. The van der Waals surface area contributed by atoms with Crippen LogP contribution in [0, 0.1) is 15.7 Å². The Kier molecular flexibility index (Phi) is 6.93. The molecule has 8 heteroatoms. The standard InChI is InChI=1S/C25H27N2O.ClHO4/c1-25(2)16-23(28)20-15-18-8-6-7-9-22(18)27(5)24(20)21(25)14-17-10-12-19(13-11-17)26(3)4;2-1(3,4)5/h6-15H,16H2,1-5H3;(H,2,3,4,5)/q+1;/p-1. The third-order valence-electron chi connectivity index (χ3n) is 5.80. The van der Waals surface area contributed by atoms with Crippen LogP contribution < -0.4 is 28.1 Å². The van der Waals surface area contributed by atoms with Crippen LogP contribution in [0.15, 0.2) is 54.6 Å². The summed E-state index contributed by atoms with van der Waals surface area (Å²) < 4.78 is 36.2. The van der Waals surface area contributed by atoms with Crippen molar-refractivity contribution in [3.63, 3.8) is 0 Å². The second kappa shape index (κ2) is 9.21. The van der Waals surface area contributed by atoms with Crippen molar-refractivity contribution in [2.45, 2.75) is 20.3 Å². The van der Waals surface area contributed by atoms with Crippen LogP contribution in [0.4, 0.5) is 5.69 Å². The van der Waals surface area contributed by atoms with Crippen LogP contribution in [0.25, 0.3) is 22.6 Å². The van der Waals surface area contributed by atoms with Gasteiger partial charge in [-0.1, -0.05) is 38.1 Å². The van der Waals surface area contributed by atoms with Gasteiger partial charge in [0.2, 0.25) is 11.2 Å². The van der Waals surface area contributed by atoms with E-state index in [4.69, 9.17) is 18.6 Å². The molecule has 0 radical (unpaired) electrons. The second-order valence-corrected chi connectivity index (χ2v) is 9.69. The molecule has 7 nitrogen and oxygen atoms in total. The highest BCUT2D eigenvalue weighted by Gasteiger charge is 2.41. The molecule has 0 atom stereocenters. The minimum Gasteiger partial charge on any atom is -0.378 e. The topological polar surface area (TPSA) is 116 Å². The van der Waals surface area contributed by atoms with Crippen molar-refractivity contribution in [3.8, 4) is 0 Å². The van der Waals surface area contributed by atoms with E-state index in [-0.39, 0.29) is 11.2 Å². The van der Waals surface area contributed by atoms with Gasteiger partial charge in [0.05, 0.1) is 5.56 Å². The van der Waals surface area contributed by atoms with Gasteiger partial charge >= 0.3 is 0 Å². The van der Waals surface area contributed by atoms with Crippen LogP contribution in [-0.2, 0) is 7.05 Å². The van der Waals surface area contributed by atoms with Crippen molar-refractivity contribution in [2.75, 3.05) is 19.0 Å². The maximum atomic E-state index is 13.0. The Morgan fingerprint density at radius 2 is 1.58 bits per heavy atom. The number of fused-ring (bicyclic) bond motifs is 2. The zero-order valence-corrected chi connectivity index (χ0v) is 20.1. The first-order valence-corrected chi connectivity index (χ1v) is 11.6. The second-order valence-electron chi connectivity index (χ2n) is 8.93. The van der Waals surface area contributed by atoms with Crippen LogP contribution in [0.2, 0.25) is 0 Å².